The number of hydrogen-bond acceptors (Lipinski definition) is 2. The van der Waals surface area contributed by atoms with Gasteiger partial charge in [0, 0.05) is 35.7 Å². The number of carbonyl (C=O) groups excluding carboxylic acids is 1. The van der Waals surface area contributed by atoms with Crippen molar-refractivity contribution in [2.24, 2.45) is 5.92 Å². The molecular formula is C17H18N2O3. The van der Waals surface area contributed by atoms with E-state index >= 15 is 0 Å². The lowest BCUT2D eigenvalue weighted by molar-refractivity contribution is -0.141. The number of carboxylic acid groups (broad SMARTS) is 1. The Labute approximate surface area is 128 Å². The number of hydrogen-bond donors (Lipinski definition) is 1. The van der Waals surface area contributed by atoms with Crippen molar-refractivity contribution in [2.45, 2.75) is 20.3 Å². The second-order valence-electron chi connectivity index (χ2n) is 5.71. The number of benzene rings is 1. The van der Waals surface area contributed by atoms with Crippen molar-refractivity contribution in [3.63, 3.8) is 0 Å². The standard InChI is InChI=1S/C17H18N2O3/c1-11-6-7-12(2)19(11)15-5-3-4-14(9-15)18-10-13(17(21)22)8-16(18)20/h3-7,9,13H,8,10H2,1-2H3,(H,21,22). The van der Waals surface area contributed by atoms with Crippen molar-refractivity contribution in [3.05, 3.63) is 47.8 Å². The largest absolute Gasteiger partial charge is 0.481 e. The van der Waals surface area contributed by atoms with Gasteiger partial charge in [-0.15, -0.1) is 0 Å². The molecule has 1 amide bonds. The molecule has 1 aliphatic rings. The first-order valence-electron chi connectivity index (χ1n) is 7.26. The maximum absolute atomic E-state index is 12.1. The molecule has 1 aromatic carbocycles. The van der Waals surface area contributed by atoms with Gasteiger partial charge in [0.1, 0.15) is 0 Å². The highest BCUT2D eigenvalue weighted by atomic mass is 16.4. The molecular weight excluding hydrogens is 280 g/mol. The molecule has 1 aromatic heterocycles. The van der Waals surface area contributed by atoms with Crippen LogP contribution in [0.25, 0.3) is 5.69 Å². The van der Waals surface area contributed by atoms with Crippen LogP contribution in [0.1, 0.15) is 17.8 Å². The van der Waals surface area contributed by atoms with Crippen LogP contribution < -0.4 is 4.90 Å². The SMILES string of the molecule is Cc1ccc(C)n1-c1cccc(N2CC(C(=O)O)CC2=O)c1. The number of carbonyl (C=O) groups is 2. The van der Waals surface area contributed by atoms with Crippen LogP contribution in [0.2, 0.25) is 0 Å². The van der Waals surface area contributed by atoms with E-state index in [0.717, 1.165) is 22.8 Å². The highest BCUT2D eigenvalue weighted by molar-refractivity contribution is 5.99. The number of aromatic nitrogens is 1. The number of rotatable bonds is 3. The summed E-state index contributed by atoms with van der Waals surface area (Å²) in [7, 11) is 0. The van der Waals surface area contributed by atoms with Gasteiger partial charge in [-0.25, -0.2) is 0 Å². The number of carboxylic acids is 1. The minimum absolute atomic E-state index is 0.0706. The van der Waals surface area contributed by atoms with Gasteiger partial charge in [-0.05, 0) is 44.2 Å². The monoisotopic (exact) mass is 298 g/mol. The normalized spacial score (nSPS) is 18.0. The van der Waals surface area contributed by atoms with Gasteiger partial charge in [-0.3, -0.25) is 9.59 Å². The first-order chi connectivity index (χ1) is 10.5. The molecule has 1 aliphatic heterocycles. The predicted octanol–water partition coefficient (Wildman–Crippen LogP) is 2.53. The zero-order valence-electron chi connectivity index (χ0n) is 12.6. The summed E-state index contributed by atoms with van der Waals surface area (Å²) in [5, 5.41) is 9.09. The Hall–Kier alpha value is -2.56. The lowest BCUT2D eigenvalue weighted by Crippen LogP contribution is -2.25. The maximum Gasteiger partial charge on any atom is 0.308 e. The summed E-state index contributed by atoms with van der Waals surface area (Å²) >= 11 is 0. The molecule has 0 radical (unpaired) electrons. The third kappa shape index (κ3) is 2.39. The van der Waals surface area contributed by atoms with Gasteiger partial charge in [-0.2, -0.15) is 0 Å². The van der Waals surface area contributed by atoms with Crippen LogP contribution >= 0.6 is 0 Å². The molecule has 1 atom stereocenters. The average Bonchev–Trinajstić information content (AvgIpc) is 3.02. The number of anilines is 1. The minimum atomic E-state index is -0.913. The first-order valence-corrected chi connectivity index (χ1v) is 7.26. The van der Waals surface area contributed by atoms with Gasteiger partial charge in [0.25, 0.3) is 0 Å². The van der Waals surface area contributed by atoms with Gasteiger partial charge < -0.3 is 14.6 Å². The fraction of sp³-hybridized carbons (Fsp3) is 0.294. The molecule has 5 heteroatoms. The van der Waals surface area contributed by atoms with Crippen LogP contribution in [0, 0.1) is 19.8 Å². The van der Waals surface area contributed by atoms with E-state index in [1.807, 2.05) is 50.2 Å². The molecule has 114 valence electrons. The molecule has 5 nitrogen and oxygen atoms in total. The van der Waals surface area contributed by atoms with Crippen molar-refractivity contribution < 1.29 is 14.7 Å². The Morgan fingerprint density at radius 2 is 1.77 bits per heavy atom. The zero-order valence-corrected chi connectivity index (χ0v) is 12.6. The van der Waals surface area contributed by atoms with E-state index < -0.39 is 11.9 Å². The van der Waals surface area contributed by atoms with Crippen LogP contribution in [0.5, 0.6) is 0 Å². The summed E-state index contributed by atoms with van der Waals surface area (Å²) in [5.74, 6) is -1.67. The number of aryl methyl sites for hydroxylation is 2. The zero-order chi connectivity index (χ0) is 15.9. The molecule has 1 N–H and O–H groups in total. The summed E-state index contributed by atoms with van der Waals surface area (Å²) < 4.78 is 2.11. The van der Waals surface area contributed by atoms with Crippen LogP contribution in [-0.4, -0.2) is 28.1 Å². The maximum atomic E-state index is 12.1. The smallest absolute Gasteiger partial charge is 0.308 e. The van der Waals surface area contributed by atoms with Gasteiger partial charge in [0.05, 0.1) is 5.92 Å². The number of amides is 1. The van der Waals surface area contributed by atoms with Crippen LogP contribution in [-0.2, 0) is 9.59 Å². The van der Waals surface area contributed by atoms with Crippen molar-refractivity contribution in [1.82, 2.24) is 4.57 Å². The van der Waals surface area contributed by atoms with Gasteiger partial charge in [-0.1, -0.05) is 6.07 Å². The molecule has 0 saturated carbocycles. The van der Waals surface area contributed by atoms with Crippen molar-refractivity contribution in [2.75, 3.05) is 11.4 Å². The molecule has 22 heavy (non-hydrogen) atoms. The molecule has 0 spiro atoms. The fourth-order valence-corrected chi connectivity index (χ4v) is 3.00. The molecule has 0 aliphatic carbocycles. The Bertz CT molecular complexity index is 729. The summed E-state index contributed by atoms with van der Waals surface area (Å²) in [6, 6.07) is 11.7. The summed E-state index contributed by atoms with van der Waals surface area (Å²) in [4.78, 5) is 24.7. The van der Waals surface area contributed by atoms with Crippen LogP contribution in [0.3, 0.4) is 0 Å². The molecule has 2 aromatic rings. The predicted molar refractivity (Wildman–Crippen MR) is 83.3 cm³/mol. The molecule has 0 bridgehead atoms. The highest BCUT2D eigenvalue weighted by Gasteiger charge is 2.35. The molecule has 1 fully saturated rings. The van der Waals surface area contributed by atoms with E-state index in [9.17, 15) is 9.59 Å². The second-order valence-corrected chi connectivity index (χ2v) is 5.71. The Kier molecular flexibility index (Phi) is 3.48. The average molecular weight is 298 g/mol. The van der Waals surface area contributed by atoms with E-state index in [0.29, 0.717) is 0 Å². The third-order valence-electron chi connectivity index (χ3n) is 4.15. The molecule has 3 rings (SSSR count). The van der Waals surface area contributed by atoms with E-state index in [1.54, 1.807) is 4.90 Å². The lowest BCUT2D eigenvalue weighted by atomic mass is 10.1. The summed E-state index contributed by atoms with van der Waals surface area (Å²) in [5.41, 5.74) is 3.96. The van der Waals surface area contributed by atoms with Crippen molar-refractivity contribution in [1.29, 1.82) is 0 Å². The first kappa shape index (κ1) is 14.4. The van der Waals surface area contributed by atoms with E-state index in [4.69, 9.17) is 5.11 Å². The molecule has 2 heterocycles. The summed E-state index contributed by atoms with van der Waals surface area (Å²) in [6.45, 7) is 4.30. The number of nitrogens with zero attached hydrogens (tertiary/aromatic N) is 2. The van der Waals surface area contributed by atoms with E-state index in [-0.39, 0.29) is 18.9 Å². The Balaban J connectivity index is 1.96. The van der Waals surface area contributed by atoms with Crippen LogP contribution in [0.4, 0.5) is 5.69 Å². The quantitative estimate of drug-likeness (QED) is 0.947. The lowest BCUT2D eigenvalue weighted by Gasteiger charge is -2.18. The van der Waals surface area contributed by atoms with Crippen molar-refractivity contribution >= 4 is 17.6 Å². The van der Waals surface area contributed by atoms with Gasteiger partial charge in [0.15, 0.2) is 0 Å². The highest BCUT2D eigenvalue weighted by Crippen LogP contribution is 2.28. The molecule has 1 saturated heterocycles. The topological polar surface area (TPSA) is 62.5 Å². The van der Waals surface area contributed by atoms with Crippen molar-refractivity contribution in [3.8, 4) is 5.69 Å². The van der Waals surface area contributed by atoms with E-state index in [1.165, 1.54) is 0 Å². The summed E-state index contributed by atoms with van der Waals surface area (Å²) in [6.07, 6.45) is 0.0706. The Morgan fingerprint density at radius 3 is 2.36 bits per heavy atom. The minimum Gasteiger partial charge on any atom is -0.481 e. The fourth-order valence-electron chi connectivity index (χ4n) is 3.00. The van der Waals surface area contributed by atoms with E-state index in [2.05, 4.69) is 4.57 Å². The molecule has 1 unspecified atom stereocenters. The Morgan fingerprint density at radius 1 is 1.14 bits per heavy atom. The second kappa shape index (κ2) is 5.33. The van der Waals surface area contributed by atoms with Gasteiger partial charge >= 0.3 is 5.97 Å². The van der Waals surface area contributed by atoms with Gasteiger partial charge in [0.2, 0.25) is 5.91 Å². The third-order valence-corrected chi connectivity index (χ3v) is 4.15. The number of aliphatic carboxylic acids is 1. The van der Waals surface area contributed by atoms with Crippen LogP contribution in [0.15, 0.2) is 36.4 Å².